The highest BCUT2D eigenvalue weighted by Crippen LogP contribution is 2.18. The van der Waals surface area contributed by atoms with E-state index in [0.29, 0.717) is 5.92 Å². The van der Waals surface area contributed by atoms with E-state index in [1.165, 1.54) is 11.3 Å². The van der Waals surface area contributed by atoms with Crippen LogP contribution in [0.15, 0.2) is 12.3 Å². The Morgan fingerprint density at radius 3 is 2.62 bits per heavy atom. The minimum absolute atomic E-state index is 0.682. The molecule has 1 aromatic heterocycles. The van der Waals surface area contributed by atoms with Crippen LogP contribution in [0.2, 0.25) is 0 Å². The van der Waals surface area contributed by atoms with E-state index in [2.05, 4.69) is 49.2 Å². The van der Waals surface area contributed by atoms with Crippen molar-refractivity contribution in [2.45, 2.75) is 27.3 Å². The van der Waals surface area contributed by atoms with E-state index in [0.717, 1.165) is 18.8 Å². The average molecular weight is 221 g/mol. The van der Waals surface area contributed by atoms with Gasteiger partial charge in [0.25, 0.3) is 0 Å². The summed E-state index contributed by atoms with van der Waals surface area (Å²) in [4.78, 5) is 6.49. The average Bonchev–Trinajstić information content (AvgIpc) is 2.19. The maximum absolute atomic E-state index is 4.35. The lowest BCUT2D eigenvalue weighted by Crippen LogP contribution is -2.21. The van der Waals surface area contributed by atoms with Crippen LogP contribution in [0.1, 0.15) is 25.1 Å². The summed E-state index contributed by atoms with van der Waals surface area (Å²) in [6.07, 6.45) is 1.97. The first-order valence-corrected chi connectivity index (χ1v) is 5.84. The Bertz CT molecular complexity index is 332. The molecule has 0 atom stereocenters. The van der Waals surface area contributed by atoms with Gasteiger partial charge in [0.1, 0.15) is 0 Å². The number of nitrogens with zero attached hydrogens (tertiary/aromatic N) is 2. The van der Waals surface area contributed by atoms with Crippen molar-refractivity contribution in [1.82, 2.24) is 10.3 Å². The van der Waals surface area contributed by atoms with Gasteiger partial charge < -0.3 is 10.2 Å². The molecule has 0 aliphatic heterocycles. The van der Waals surface area contributed by atoms with Crippen LogP contribution >= 0.6 is 0 Å². The van der Waals surface area contributed by atoms with Gasteiger partial charge in [-0.2, -0.15) is 0 Å². The molecule has 1 rings (SSSR count). The zero-order chi connectivity index (χ0) is 12.1. The van der Waals surface area contributed by atoms with Crippen molar-refractivity contribution in [3.05, 3.63) is 23.5 Å². The number of pyridine rings is 1. The van der Waals surface area contributed by atoms with E-state index >= 15 is 0 Å². The molecule has 3 heteroatoms. The highest BCUT2D eigenvalue weighted by Gasteiger charge is 2.05. The number of aryl methyl sites for hydroxylation is 1. The Morgan fingerprint density at radius 1 is 1.38 bits per heavy atom. The molecule has 16 heavy (non-hydrogen) atoms. The summed E-state index contributed by atoms with van der Waals surface area (Å²) in [5, 5.41) is 3.45. The van der Waals surface area contributed by atoms with Gasteiger partial charge in [-0.3, -0.25) is 4.98 Å². The SMILES string of the molecule is Cc1cc(N(C)C)c(CNCC(C)C)cn1. The zero-order valence-electron chi connectivity index (χ0n) is 11.0. The molecule has 0 spiro atoms. The third kappa shape index (κ3) is 3.81. The van der Waals surface area contributed by atoms with E-state index in [9.17, 15) is 0 Å². The zero-order valence-corrected chi connectivity index (χ0v) is 11.0. The molecule has 0 unspecified atom stereocenters. The fourth-order valence-electron chi connectivity index (χ4n) is 1.62. The van der Waals surface area contributed by atoms with Crippen molar-refractivity contribution in [1.29, 1.82) is 0 Å². The lowest BCUT2D eigenvalue weighted by atomic mass is 10.2. The fourth-order valence-corrected chi connectivity index (χ4v) is 1.62. The second kappa shape index (κ2) is 5.85. The Morgan fingerprint density at radius 2 is 2.06 bits per heavy atom. The van der Waals surface area contributed by atoms with Gasteiger partial charge in [-0.15, -0.1) is 0 Å². The molecule has 90 valence electrons. The summed E-state index contributed by atoms with van der Waals surface area (Å²) < 4.78 is 0. The fraction of sp³-hybridized carbons (Fsp3) is 0.615. The molecule has 0 aliphatic rings. The molecular formula is C13H23N3. The summed E-state index contributed by atoms with van der Waals surface area (Å²) in [5.74, 6) is 0.682. The van der Waals surface area contributed by atoms with Gasteiger partial charge in [0.05, 0.1) is 0 Å². The Hall–Kier alpha value is -1.09. The largest absolute Gasteiger partial charge is 0.377 e. The van der Waals surface area contributed by atoms with Crippen molar-refractivity contribution in [2.24, 2.45) is 5.92 Å². The lowest BCUT2D eigenvalue weighted by Gasteiger charge is -2.18. The van der Waals surface area contributed by atoms with Crippen LogP contribution in [0, 0.1) is 12.8 Å². The molecule has 1 heterocycles. The van der Waals surface area contributed by atoms with Crippen LogP contribution in [-0.2, 0) is 6.54 Å². The topological polar surface area (TPSA) is 28.2 Å². The number of hydrogen-bond donors (Lipinski definition) is 1. The first kappa shape index (κ1) is 13.0. The van der Waals surface area contributed by atoms with Gasteiger partial charge >= 0.3 is 0 Å². The van der Waals surface area contributed by atoms with E-state index in [4.69, 9.17) is 0 Å². The monoisotopic (exact) mass is 221 g/mol. The molecule has 0 saturated carbocycles. The third-order valence-electron chi connectivity index (χ3n) is 2.45. The Labute approximate surface area is 98.9 Å². The van der Waals surface area contributed by atoms with Gasteiger partial charge in [-0.1, -0.05) is 13.8 Å². The summed E-state index contributed by atoms with van der Waals surface area (Å²) in [6.45, 7) is 8.39. The van der Waals surface area contributed by atoms with Crippen LogP contribution in [0.25, 0.3) is 0 Å². The molecule has 0 bridgehead atoms. The minimum Gasteiger partial charge on any atom is -0.377 e. The summed E-state index contributed by atoms with van der Waals surface area (Å²) in [6, 6.07) is 2.13. The normalized spacial score (nSPS) is 10.9. The quantitative estimate of drug-likeness (QED) is 0.826. The van der Waals surface area contributed by atoms with Gasteiger partial charge in [0.2, 0.25) is 0 Å². The molecule has 3 nitrogen and oxygen atoms in total. The second-order valence-electron chi connectivity index (χ2n) is 4.87. The second-order valence-corrected chi connectivity index (χ2v) is 4.87. The molecule has 1 aromatic rings. The standard InChI is InChI=1S/C13H23N3/c1-10(2)7-14-8-12-9-15-11(3)6-13(12)16(4)5/h6,9-10,14H,7-8H2,1-5H3. The van der Waals surface area contributed by atoms with Crippen molar-refractivity contribution in [3.63, 3.8) is 0 Å². The number of nitrogens with one attached hydrogen (secondary N) is 1. The highest BCUT2D eigenvalue weighted by molar-refractivity contribution is 5.52. The molecule has 0 aliphatic carbocycles. The Balaban J connectivity index is 2.71. The molecule has 0 fully saturated rings. The van der Waals surface area contributed by atoms with Crippen LogP contribution in [0.5, 0.6) is 0 Å². The van der Waals surface area contributed by atoms with Crippen molar-refractivity contribution < 1.29 is 0 Å². The van der Waals surface area contributed by atoms with Crippen molar-refractivity contribution in [2.75, 3.05) is 25.5 Å². The first-order chi connectivity index (χ1) is 7.50. The molecule has 0 aromatic carbocycles. The number of aromatic nitrogens is 1. The van der Waals surface area contributed by atoms with Gasteiger partial charge in [0.15, 0.2) is 0 Å². The van der Waals surface area contributed by atoms with E-state index < -0.39 is 0 Å². The van der Waals surface area contributed by atoms with Gasteiger partial charge in [-0.05, 0) is 25.5 Å². The van der Waals surface area contributed by atoms with Crippen molar-refractivity contribution in [3.8, 4) is 0 Å². The lowest BCUT2D eigenvalue weighted by molar-refractivity contribution is 0.552. The van der Waals surface area contributed by atoms with E-state index in [1.54, 1.807) is 0 Å². The smallest absolute Gasteiger partial charge is 0.0440 e. The third-order valence-corrected chi connectivity index (χ3v) is 2.45. The van der Waals surface area contributed by atoms with E-state index in [1.807, 2.05) is 13.1 Å². The summed E-state index contributed by atoms with van der Waals surface area (Å²) in [7, 11) is 4.14. The minimum atomic E-state index is 0.682. The molecule has 0 saturated heterocycles. The van der Waals surface area contributed by atoms with Crippen LogP contribution in [-0.4, -0.2) is 25.6 Å². The summed E-state index contributed by atoms with van der Waals surface area (Å²) in [5.41, 5.74) is 3.58. The van der Waals surface area contributed by atoms with Gasteiger partial charge in [-0.25, -0.2) is 0 Å². The molecule has 0 amide bonds. The summed E-state index contributed by atoms with van der Waals surface area (Å²) >= 11 is 0. The number of rotatable bonds is 5. The maximum Gasteiger partial charge on any atom is 0.0440 e. The van der Waals surface area contributed by atoms with Crippen LogP contribution < -0.4 is 10.2 Å². The molecule has 0 radical (unpaired) electrons. The van der Waals surface area contributed by atoms with Crippen LogP contribution in [0.4, 0.5) is 5.69 Å². The van der Waals surface area contributed by atoms with E-state index in [-0.39, 0.29) is 0 Å². The predicted molar refractivity (Wildman–Crippen MR) is 69.8 cm³/mol. The molecule has 1 N–H and O–H groups in total. The highest BCUT2D eigenvalue weighted by atomic mass is 15.1. The van der Waals surface area contributed by atoms with Crippen LogP contribution in [0.3, 0.4) is 0 Å². The maximum atomic E-state index is 4.35. The van der Waals surface area contributed by atoms with Crippen molar-refractivity contribution >= 4 is 5.69 Å². The predicted octanol–water partition coefficient (Wildman–Crippen LogP) is 2.20. The van der Waals surface area contributed by atoms with Gasteiger partial charge in [0, 0.05) is 43.8 Å². The first-order valence-electron chi connectivity index (χ1n) is 5.84. The molecular weight excluding hydrogens is 198 g/mol. The number of anilines is 1. The number of hydrogen-bond acceptors (Lipinski definition) is 3. The Kier molecular flexibility index (Phi) is 4.74.